The summed E-state index contributed by atoms with van der Waals surface area (Å²) in [5.74, 6) is 3.80. The van der Waals surface area contributed by atoms with Crippen LogP contribution in [0.5, 0.6) is 0 Å². The molecule has 1 saturated carbocycles. The van der Waals surface area contributed by atoms with Crippen LogP contribution in [0.2, 0.25) is 0 Å². The van der Waals surface area contributed by atoms with Crippen LogP contribution in [0.4, 0.5) is 0 Å². The summed E-state index contributed by atoms with van der Waals surface area (Å²) >= 11 is 0. The molecule has 0 aromatic carbocycles. The predicted molar refractivity (Wildman–Crippen MR) is 73.5 cm³/mol. The van der Waals surface area contributed by atoms with Crippen molar-refractivity contribution in [2.75, 3.05) is 0 Å². The molecule has 1 aliphatic carbocycles. The molecule has 0 nitrogen and oxygen atoms in total. The van der Waals surface area contributed by atoms with Gasteiger partial charge in [0.1, 0.15) is 0 Å². The Balaban J connectivity index is 2.38. The molecule has 5 unspecified atom stereocenters. The fraction of sp³-hybridized carbons (Fsp3) is 1.00. The van der Waals surface area contributed by atoms with E-state index in [0.29, 0.717) is 5.41 Å². The van der Waals surface area contributed by atoms with Crippen molar-refractivity contribution >= 4 is 0 Å². The Morgan fingerprint density at radius 1 is 1.12 bits per heavy atom. The molecule has 0 heterocycles. The number of hydrogen-bond donors (Lipinski definition) is 0. The van der Waals surface area contributed by atoms with Gasteiger partial charge in [0.2, 0.25) is 0 Å². The van der Waals surface area contributed by atoms with E-state index in [1.54, 1.807) is 0 Å². The van der Waals surface area contributed by atoms with Crippen LogP contribution in [0, 0.1) is 29.1 Å². The van der Waals surface area contributed by atoms with Gasteiger partial charge in [-0.2, -0.15) is 0 Å². The van der Waals surface area contributed by atoms with Gasteiger partial charge >= 0.3 is 0 Å². The van der Waals surface area contributed by atoms with Gasteiger partial charge in [-0.15, -0.1) is 0 Å². The van der Waals surface area contributed by atoms with Gasteiger partial charge in [-0.25, -0.2) is 0 Å². The Hall–Kier alpha value is 0. The zero-order chi connectivity index (χ0) is 12.3. The molecule has 0 aromatic heterocycles. The largest absolute Gasteiger partial charge is 0.0654 e. The molecule has 0 heteroatoms. The number of hydrogen-bond acceptors (Lipinski definition) is 0. The van der Waals surface area contributed by atoms with E-state index in [2.05, 4.69) is 41.5 Å². The summed E-state index contributed by atoms with van der Waals surface area (Å²) < 4.78 is 0. The van der Waals surface area contributed by atoms with Crippen molar-refractivity contribution in [2.45, 2.75) is 73.6 Å². The van der Waals surface area contributed by atoms with Crippen LogP contribution in [0.1, 0.15) is 73.6 Å². The van der Waals surface area contributed by atoms with Gasteiger partial charge in [-0.05, 0) is 41.9 Å². The van der Waals surface area contributed by atoms with Crippen molar-refractivity contribution < 1.29 is 0 Å². The highest BCUT2D eigenvalue weighted by Crippen LogP contribution is 2.60. The van der Waals surface area contributed by atoms with Crippen molar-refractivity contribution in [3.8, 4) is 0 Å². The van der Waals surface area contributed by atoms with Gasteiger partial charge in [-0.3, -0.25) is 0 Å². The second-order valence-electron chi connectivity index (χ2n) is 6.80. The molecule has 0 bridgehead atoms. The monoisotopic (exact) mass is 224 g/mol. The molecule has 5 atom stereocenters. The summed E-state index contributed by atoms with van der Waals surface area (Å²) in [6.07, 6.45) is 7.07. The van der Waals surface area contributed by atoms with Crippen LogP contribution >= 0.6 is 0 Å². The summed E-state index contributed by atoms with van der Waals surface area (Å²) in [4.78, 5) is 0. The first kappa shape index (κ1) is 14.1. The maximum atomic E-state index is 2.53. The molecule has 0 aromatic rings. The zero-order valence-electron chi connectivity index (χ0n) is 12.3. The molecule has 16 heavy (non-hydrogen) atoms. The Kier molecular flexibility index (Phi) is 4.88. The molecule has 96 valence electrons. The highest BCUT2D eigenvalue weighted by atomic mass is 14.6. The Morgan fingerprint density at radius 2 is 1.75 bits per heavy atom. The predicted octanol–water partition coefficient (Wildman–Crippen LogP) is 5.52. The van der Waals surface area contributed by atoms with Crippen molar-refractivity contribution in [3.63, 3.8) is 0 Å². The summed E-state index contributed by atoms with van der Waals surface area (Å²) in [5.41, 5.74) is 0.691. The topological polar surface area (TPSA) is 0 Å². The zero-order valence-corrected chi connectivity index (χ0v) is 12.3. The van der Waals surface area contributed by atoms with Crippen molar-refractivity contribution in [3.05, 3.63) is 0 Å². The Morgan fingerprint density at radius 3 is 2.25 bits per heavy atom. The van der Waals surface area contributed by atoms with Gasteiger partial charge < -0.3 is 0 Å². The third-order valence-corrected chi connectivity index (χ3v) is 5.26. The lowest BCUT2D eigenvalue weighted by Crippen LogP contribution is -2.15. The lowest BCUT2D eigenvalue weighted by molar-refractivity contribution is 0.259. The molecule has 0 aliphatic heterocycles. The van der Waals surface area contributed by atoms with Crippen molar-refractivity contribution in [1.29, 1.82) is 0 Å². The molecule has 0 amide bonds. The Labute approximate surface area is 103 Å². The summed E-state index contributed by atoms with van der Waals surface area (Å²) in [7, 11) is 0. The second kappa shape index (κ2) is 5.56. The summed E-state index contributed by atoms with van der Waals surface area (Å²) in [6, 6.07) is 0. The van der Waals surface area contributed by atoms with Gasteiger partial charge in [0.15, 0.2) is 0 Å². The van der Waals surface area contributed by atoms with Crippen LogP contribution < -0.4 is 0 Å². The van der Waals surface area contributed by atoms with E-state index >= 15 is 0 Å². The number of rotatable bonds is 7. The smallest absolute Gasteiger partial charge is 0.0289 e. The van der Waals surface area contributed by atoms with Crippen molar-refractivity contribution in [1.82, 2.24) is 0 Å². The minimum absolute atomic E-state index is 0.691. The fourth-order valence-corrected chi connectivity index (χ4v) is 3.53. The van der Waals surface area contributed by atoms with Crippen molar-refractivity contribution in [2.24, 2.45) is 29.1 Å². The first-order valence-electron chi connectivity index (χ1n) is 7.44. The normalized spacial score (nSPS) is 34.5. The maximum absolute atomic E-state index is 2.53. The molecule has 0 N–H and O–H groups in total. The molecule has 0 radical (unpaired) electrons. The van der Waals surface area contributed by atoms with Crippen LogP contribution in [-0.2, 0) is 0 Å². The van der Waals surface area contributed by atoms with E-state index in [1.807, 2.05) is 0 Å². The van der Waals surface area contributed by atoms with Gasteiger partial charge in [0.25, 0.3) is 0 Å². The fourth-order valence-electron chi connectivity index (χ4n) is 3.53. The molecule has 1 fully saturated rings. The second-order valence-corrected chi connectivity index (χ2v) is 6.80. The highest BCUT2D eigenvalue weighted by molar-refractivity contribution is 5.01. The molecule has 1 rings (SSSR count). The lowest BCUT2D eigenvalue weighted by atomic mass is 9.81. The van der Waals surface area contributed by atoms with Gasteiger partial charge in [0, 0.05) is 0 Å². The lowest BCUT2D eigenvalue weighted by Gasteiger charge is -2.24. The van der Waals surface area contributed by atoms with E-state index in [4.69, 9.17) is 0 Å². The molecular formula is C16H32. The third-order valence-electron chi connectivity index (χ3n) is 5.26. The van der Waals surface area contributed by atoms with E-state index < -0.39 is 0 Å². The Bertz CT molecular complexity index is 208. The van der Waals surface area contributed by atoms with E-state index in [1.165, 1.54) is 32.1 Å². The van der Waals surface area contributed by atoms with E-state index in [0.717, 1.165) is 23.7 Å². The average Bonchev–Trinajstić information content (AvgIpc) is 2.89. The quantitative estimate of drug-likeness (QED) is 0.534. The molecule has 0 saturated heterocycles. The van der Waals surface area contributed by atoms with Gasteiger partial charge in [-0.1, -0.05) is 60.8 Å². The van der Waals surface area contributed by atoms with Crippen LogP contribution in [0.15, 0.2) is 0 Å². The SMILES string of the molecule is CCCC(C)C(C)CC1(C)CC1C(C)CC. The first-order valence-corrected chi connectivity index (χ1v) is 7.44. The van der Waals surface area contributed by atoms with Crippen LogP contribution in [0.3, 0.4) is 0 Å². The summed E-state index contributed by atoms with van der Waals surface area (Å²) in [5, 5.41) is 0. The van der Waals surface area contributed by atoms with E-state index in [-0.39, 0.29) is 0 Å². The average molecular weight is 224 g/mol. The minimum Gasteiger partial charge on any atom is -0.0654 e. The van der Waals surface area contributed by atoms with Crippen LogP contribution in [0.25, 0.3) is 0 Å². The van der Waals surface area contributed by atoms with Crippen LogP contribution in [-0.4, -0.2) is 0 Å². The summed E-state index contributed by atoms with van der Waals surface area (Å²) in [6.45, 7) is 14.5. The minimum atomic E-state index is 0.691. The third kappa shape index (κ3) is 3.25. The van der Waals surface area contributed by atoms with E-state index in [9.17, 15) is 0 Å². The van der Waals surface area contributed by atoms with Gasteiger partial charge in [0.05, 0.1) is 0 Å². The molecule has 0 spiro atoms. The molecule has 1 aliphatic rings. The highest BCUT2D eigenvalue weighted by Gasteiger charge is 2.52. The standard InChI is InChI=1S/C16H32/c1-7-9-13(4)14(5)10-16(6)11-15(16)12(3)8-2/h12-15H,7-11H2,1-6H3. The first-order chi connectivity index (χ1) is 7.44. The molecular weight excluding hydrogens is 192 g/mol. The maximum Gasteiger partial charge on any atom is -0.0289 e.